The minimum atomic E-state index is 0. The van der Waals surface area contributed by atoms with Crippen LogP contribution in [0.15, 0.2) is 0 Å². The Hall–Kier alpha value is 0.723. The fourth-order valence-corrected chi connectivity index (χ4v) is 0. The normalized spacial score (nSPS) is 1.00. The van der Waals surface area contributed by atoms with E-state index in [1.807, 2.05) is 6.79 Å². The second-order valence-corrected chi connectivity index (χ2v) is 0. The molecular weight excluding hydrogens is 162 g/mol. The summed E-state index contributed by atoms with van der Waals surface area (Å²) < 4.78 is 0. The van der Waals surface area contributed by atoms with Gasteiger partial charge in [0.2, 0.25) is 0 Å². The molecular formula is CH5OPRh. The molecule has 4 heavy (non-hydrogen) atoms. The predicted molar refractivity (Wildman–Crippen MR) is 18.2 cm³/mol. The van der Waals surface area contributed by atoms with Crippen LogP contribution in [0, 0.1) is 0 Å². The van der Waals surface area contributed by atoms with Gasteiger partial charge in [-0.1, -0.05) is 0 Å². The fourth-order valence-electron chi connectivity index (χ4n) is 0. The molecule has 0 fully saturated rings. The van der Waals surface area contributed by atoms with Gasteiger partial charge in [-0.05, 0) is 0 Å². The summed E-state index contributed by atoms with van der Waals surface area (Å²) in [5.74, 6) is 0. The van der Waals surface area contributed by atoms with Crippen LogP contribution in [0.1, 0.15) is 0 Å². The van der Waals surface area contributed by atoms with Crippen molar-refractivity contribution in [2.24, 2.45) is 0 Å². The van der Waals surface area contributed by atoms with Gasteiger partial charge in [0, 0.05) is 19.5 Å². The number of rotatable bonds is 0. The number of carbonyl (C=O) groups excluding carboxylic acids is 1. The molecule has 0 rings (SSSR count). The Bertz CT molecular complexity index is 8.00. The molecule has 1 nitrogen and oxygen atoms in total. The maximum Gasteiger partial charge on any atom is 0.106 e. The second kappa shape index (κ2) is 52.8. The molecule has 0 saturated heterocycles. The van der Waals surface area contributed by atoms with Crippen molar-refractivity contribution in [1.82, 2.24) is 0 Å². The molecule has 0 aromatic carbocycles. The fraction of sp³-hybridized carbons (Fsp3) is 0. The summed E-state index contributed by atoms with van der Waals surface area (Å²) in [6, 6.07) is 0. The summed E-state index contributed by atoms with van der Waals surface area (Å²) in [6.07, 6.45) is 0. The molecule has 29 valence electrons. The van der Waals surface area contributed by atoms with Crippen molar-refractivity contribution in [3.05, 3.63) is 0 Å². The third kappa shape index (κ3) is 15.5. The van der Waals surface area contributed by atoms with E-state index in [0.717, 1.165) is 0 Å². The molecule has 0 amide bonds. The van der Waals surface area contributed by atoms with Gasteiger partial charge < -0.3 is 4.79 Å². The van der Waals surface area contributed by atoms with Gasteiger partial charge in [0.15, 0.2) is 0 Å². The minimum Gasteiger partial charge on any atom is -0.307 e. The molecule has 0 aromatic rings. The van der Waals surface area contributed by atoms with E-state index >= 15 is 0 Å². The topological polar surface area (TPSA) is 17.1 Å². The van der Waals surface area contributed by atoms with Crippen LogP contribution in [-0.4, -0.2) is 6.79 Å². The van der Waals surface area contributed by atoms with E-state index < -0.39 is 0 Å². The summed E-state index contributed by atoms with van der Waals surface area (Å²) in [6.45, 7) is 2.00. The minimum absolute atomic E-state index is 0. The Kier molecular flexibility index (Phi) is 291. The average molecular weight is 167 g/mol. The zero-order valence-corrected chi connectivity index (χ0v) is 5.21. The number of carbonyl (C=O) groups is 1. The van der Waals surface area contributed by atoms with Crippen LogP contribution in [0.4, 0.5) is 0 Å². The Morgan fingerprint density at radius 2 is 1.25 bits per heavy atom. The summed E-state index contributed by atoms with van der Waals surface area (Å²) in [5.41, 5.74) is 0. The molecule has 0 spiro atoms. The largest absolute Gasteiger partial charge is 0.307 e. The van der Waals surface area contributed by atoms with Gasteiger partial charge in [-0.15, -0.1) is 0 Å². The van der Waals surface area contributed by atoms with Crippen molar-refractivity contribution in [3.8, 4) is 0 Å². The summed E-state index contributed by atoms with van der Waals surface area (Å²) in [7, 11) is 0. The zero-order valence-electron chi connectivity index (χ0n) is 2.16. The maximum absolute atomic E-state index is 8.00. The number of hydrogen-bond acceptors (Lipinski definition) is 1. The van der Waals surface area contributed by atoms with E-state index in [0.29, 0.717) is 0 Å². The molecule has 1 atom stereocenters. The van der Waals surface area contributed by atoms with Crippen LogP contribution in [0.25, 0.3) is 0 Å². The summed E-state index contributed by atoms with van der Waals surface area (Å²) >= 11 is 0. The van der Waals surface area contributed by atoms with Gasteiger partial charge in [-0.3, -0.25) is 0 Å². The molecule has 0 aliphatic rings. The molecule has 3 heteroatoms. The standard InChI is InChI=1S/CH2O.H3P.Rh/c1-2;;/h1H2;1H3;. The van der Waals surface area contributed by atoms with Crippen molar-refractivity contribution < 1.29 is 24.3 Å². The van der Waals surface area contributed by atoms with Gasteiger partial charge in [-0.2, -0.15) is 9.90 Å². The summed E-state index contributed by atoms with van der Waals surface area (Å²) in [5, 5.41) is 0. The molecule has 0 N–H and O–H groups in total. The quantitative estimate of drug-likeness (QED) is 0.362. The third-order valence-corrected chi connectivity index (χ3v) is 0. The van der Waals surface area contributed by atoms with Gasteiger partial charge in [0.1, 0.15) is 6.79 Å². The molecule has 0 heterocycles. The van der Waals surface area contributed by atoms with E-state index in [1.165, 1.54) is 0 Å². The van der Waals surface area contributed by atoms with Crippen molar-refractivity contribution in [3.63, 3.8) is 0 Å². The Labute approximate surface area is 41.5 Å². The Morgan fingerprint density at radius 1 is 1.25 bits per heavy atom. The van der Waals surface area contributed by atoms with E-state index in [4.69, 9.17) is 4.79 Å². The van der Waals surface area contributed by atoms with E-state index in [-0.39, 0.29) is 29.4 Å². The Morgan fingerprint density at radius 3 is 1.25 bits per heavy atom. The molecule has 0 aliphatic heterocycles. The van der Waals surface area contributed by atoms with Gasteiger partial charge in [0.05, 0.1) is 0 Å². The van der Waals surface area contributed by atoms with Crippen LogP contribution < -0.4 is 0 Å². The van der Waals surface area contributed by atoms with Gasteiger partial charge in [-0.25, -0.2) is 0 Å². The second-order valence-electron chi connectivity index (χ2n) is 0. The van der Waals surface area contributed by atoms with Crippen LogP contribution >= 0.6 is 9.90 Å². The van der Waals surface area contributed by atoms with Crippen molar-refractivity contribution >= 4 is 16.7 Å². The van der Waals surface area contributed by atoms with Crippen molar-refractivity contribution in [2.75, 3.05) is 0 Å². The first-order chi connectivity index (χ1) is 1.00. The van der Waals surface area contributed by atoms with E-state index in [9.17, 15) is 0 Å². The molecule has 1 unspecified atom stereocenters. The molecule has 0 aliphatic carbocycles. The van der Waals surface area contributed by atoms with Gasteiger partial charge >= 0.3 is 0 Å². The van der Waals surface area contributed by atoms with Crippen LogP contribution in [0.5, 0.6) is 0 Å². The zero-order chi connectivity index (χ0) is 2.00. The van der Waals surface area contributed by atoms with Crippen molar-refractivity contribution in [2.45, 2.75) is 0 Å². The van der Waals surface area contributed by atoms with Crippen LogP contribution in [0.2, 0.25) is 0 Å². The van der Waals surface area contributed by atoms with E-state index in [1.54, 1.807) is 0 Å². The summed E-state index contributed by atoms with van der Waals surface area (Å²) in [4.78, 5) is 8.00. The molecule has 0 aromatic heterocycles. The average Bonchev–Trinajstić information content (AvgIpc) is 1.00. The van der Waals surface area contributed by atoms with Gasteiger partial charge in [0.25, 0.3) is 0 Å². The SMILES string of the molecule is C=O.P.[Rh]. The van der Waals surface area contributed by atoms with Crippen LogP contribution in [-0.2, 0) is 24.3 Å². The number of hydrogen-bond donors (Lipinski definition) is 0. The smallest absolute Gasteiger partial charge is 0.106 e. The molecule has 0 saturated carbocycles. The Balaban J connectivity index is -0.00000000500. The maximum atomic E-state index is 8.00. The first-order valence-corrected chi connectivity index (χ1v) is 0.289. The monoisotopic (exact) mass is 167 g/mol. The first-order valence-electron chi connectivity index (χ1n) is 0.289. The van der Waals surface area contributed by atoms with E-state index in [2.05, 4.69) is 0 Å². The third-order valence-electron chi connectivity index (χ3n) is 0. The molecule has 1 radical (unpaired) electrons. The predicted octanol–water partition coefficient (Wildman–Crippen LogP) is -0.129. The first kappa shape index (κ1) is 22.0. The van der Waals surface area contributed by atoms with Crippen molar-refractivity contribution in [1.29, 1.82) is 0 Å². The molecule has 0 bridgehead atoms. The van der Waals surface area contributed by atoms with Crippen LogP contribution in [0.3, 0.4) is 0 Å².